The normalized spacial score (nSPS) is 15.5. The Morgan fingerprint density at radius 2 is 1.85 bits per heavy atom. The first-order chi connectivity index (χ1) is 9.74. The van der Waals surface area contributed by atoms with Crippen LogP contribution in [0.1, 0.15) is 23.6 Å². The summed E-state index contributed by atoms with van der Waals surface area (Å²) in [7, 11) is 0. The number of rotatable bonds is 2. The van der Waals surface area contributed by atoms with Gasteiger partial charge in [-0.25, -0.2) is 4.39 Å². The Morgan fingerprint density at radius 3 is 2.65 bits per heavy atom. The summed E-state index contributed by atoms with van der Waals surface area (Å²) in [4.78, 5) is 3.82. The average molecular weight is 274 g/mol. The summed E-state index contributed by atoms with van der Waals surface area (Å²) in [6, 6.07) is 6.48. The molecule has 0 saturated carbocycles. The summed E-state index contributed by atoms with van der Waals surface area (Å²) in [5.74, 6) is 1.00. The van der Waals surface area contributed by atoms with Crippen LogP contribution < -0.4 is 15.2 Å². The fourth-order valence-corrected chi connectivity index (χ4v) is 2.16. The van der Waals surface area contributed by atoms with Crippen molar-refractivity contribution in [1.29, 1.82) is 0 Å². The molecule has 104 valence electrons. The van der Waals surface area contributed by atoms with Crippen LogP contribution in [0.2, 0.25) is 0 Å². The molecular weight excluding hydrogens is 259 g/mol. The van der Waals surface area contributed by atoms with Crippen molar-refractivity contribution in [2.45, 2.75) is 12.5 Å². The summed E-state index contributed by atoms with van der Waals surface area (Å²) in [6.07, 6.45) is 3.57. The van der Waals surface area contributed by atoms with E-state index in [0.717, 1.165) is 23.9 Å². The number of pyridine rings is 1. The van der Waals surface area contributed by atoms with Gasteiger partial charge >= 0.3 is 0 Å². The molecule has 1 unspecified atom stereocenters. The summed E-state index contributed by atoms with van der Waals surface area (Å²) in [5.41, 5.74) is 7.61. The molecule has 20 heavy (non-hydrogen) atoms. The van der Waals surface area contributed by atoms with Crippen molar-refractivity contribution in [3.05, 3.63) is 53.6 Å². The SMILES string of the molecule is NC(c1cncc(F)c1)c1ccc2c(c1)OCCCO2. The molecule has 0 spiro atoms. The second-order valence-electron chi connectivity index (χ2n) is 4.67. The highest BCUT2D eigenvalue weighted by molar-refractivity contribution is 5.45. The molecule has 1 aromatic heterocycles. The van der Waals surface area contributed by atoms with E-state index in [2.05, 4.69) is 4.98 Å². The van der Waals surface area contributed by atoms with E-state index in [4.69, 9.17) is 15.2 Å². The van der Waals surface area contributed by atoms with Crippen molar-refractivity contribution in [2.75, 3.05) is 13.2 Å². The van der Waals surface area contributed by atoms with E-state index in [1.54, 1.807) is 6.20 Å². The Hall–Kier alpha value is -2.14. The van der Waals surface area contributed by atoms with Crippen LogP contribution in [0.3, 0.4) is 0 Å². The van der Waals surface area contributed by atoms with Gasteiger partial charge in [-0.15, -0.1) is 0 Å². The molecule has 1 atom stereocenters. The fourth-order valence-electron chi connectivity index (χ4n) is 2.16. The maximum absolute atomic E-state index is 13.2. The number of aromatic nitrogens is 1. The van der Waals surface area contributed by atoms with E-state index >= 15 is 0 Å². The van der Waals surface area contributed by atoms with Crippen LogP contribution in [0.5, 0.6) is 11.5 Å². The Balaban J connectivity index is 1.92. The van der Waals surface area contributed by atoms with Crippen molar-refractivity contribution < 1.29 is 13.9 Å². The number of ether oxygens (including phenoxy) is 2. The third kappa shape index (κ3) is 2.58. The second-order valence-corrected chi connectivity index (χ2v) is 4.67. The van der Waals surface area contributed by atoms with Crippen LogP contribution in [-0.2, 0) is 0 Å². The van der Waals surface area contributed by atoms with Gasteiger partial charge in [0.15, 0.2) is 11.5 Å². The highest BCUT2D eigenvalue weighted by Crippen LogP contribution is 2.33. The lowest BCUT2D eigenvalue weighted by Crippen LogP contribution is -2.12. The smallest absolute Gasteiger partial charge is 0.161 e. The van der Waals surface area contributed by atoms with Gasteiger partial charge in [0.2, 0.25) is 0 Å². The van der Waals surface area contributed by atoms with E-state index in [-0.39, 0.29) is 0 Å². The topological polar surface area (TPSA) is 57.4 Å². The molecule has 0 fully saturated rings. The average Bonchev–Trinajstić information content (AvgIpc) is 2.71. The fraction of sp³-hybridized carbons (Fsp3) is 0.267. The van der Waals surface area contributed by atoms with E-state index < -0.39 is 11.9 Å². The zero-order chi connectivity index (χ0) is 13.9. The lowest BCUT2D eigenvalue weighted by Gasteiger charge is -2.15. The summed E-state index contributed by atoms with van der Waals surface area (Å²) >= 11 is 0. The van der Waals surface area contributed by atoms with Gasteiger partial charge in [0, 0.05) is 12.6 Å². The zero-order valence-electron chi connectivity index (χ0n) is 10.9. The van der Waals surface area contributed by atoms with Crippen molar-refractivity contribution in [3.63, 3.8) is 0 Å². The minimum Gasteiger partial charge on any atom is -0.490 e. The molecule has 1 aromatic carbocycles. The van der Waals surface area contributed by atoms with E-state index in [1.165, 1.54) is 6.07 Å². The molecule has 3 rings (SSSR count). The van der Waals surface area contributed by atoms with Crippen molar-refractivity contribution in [1.82, 2.24) is 4.98 Å². The predicted molar refractivity (Wildman–Crippen MR) is 72.3 cm³/mol. The minimum absolute atomic E-state index is 0.396. The van der Waals surface area contributed by atoms with Gasteiger partial charge in [0.25, 0.3) is 0 Å². The van der Waals surface area contributed by atoms with Crippen LogP contribution in [0.15, 0.2) is 36.7 Å². The third-order valence-corrected chi connectivity index (χ3v) is 3.22. The Kier molecular flexibility index (Phi) is 3.52. The summed E-state index contributed by atoms with van der Waals surface area (Å²) < 4.78 is 24.4. The summed E-state index contributed by atoms with van der Waals surface area (Å²) in [6.45, 7) is 1.26. The van der Waals surface area contributed by atoms with Crippen LogP contribution in [0.25, 0.3) is 0 Å². The van der Waals surface area contributed by atoms with Gasteiger partial charge in [0.05, 0.1) is 25.5 Å². The van der Waals surface area contributed by atoms with Gasteiger partial charge in [-0.2, -0.15) is 0 Å². The number of benzene rings is 1. The first-order valence-electron chi connectivity index (χ1n) is 6.49. The molecule has 0 saturated heterocycles. The van der Waals surface area contributed by atoms with Crippen molar-refractivity contribution >= 4 is 0 Å². The first-order valence-corrected chi connectivity index (χ1v) is 6.49. The molecule has 1 aliphatic rings. The highest BCUT2D eigenvalue weighted by Gasteiger charge is 2.15. The van der Waals surface area contributed by atoms with E-state index in [9.17, 15) is 4.39 Å². The molecule has 2 aromatic rings. The number of nitrogens with two attached hydrogens (primary N) is 1. The van der Waals surface area contributed by atoms with E-state index in [1.807, 2.05) is 18.2 Å². The van der Waals surface area contributed by atoms with Crippen molar-refractivity contribution in [2.24, 2.45) is 5.73 Å². The molecule has 5 heteroatoms. The lowest BCUT2D eigenvalue weighted by atomic mass is 10.0. The van der Waals surface area contributed by atoms with Crippen LogP contribution >= 0.6 is 0 Å². The molecule has 0 aliphatic carbocycles. The first kappa shape index (κ1) is 12.9. The Labute approximate surface area is 116 Å². The van der Waals surface area contributed by atoms with Gasteiger partial charge in [-0.1, -0.05) is 6.07 Å². The Morgan fingerprint density at radius 1 is 1.05 bits per heavy atom. The predicted octanol–water partition coefficient (Wildman–Crippen LogP) is 2.43. The lowest BCUT2D eigenvalue weighted by molar-refractivity contribution is 0.297. The van der Waals surface area contributed by atoms with Crippen molar-refractivity contribution in [3.8, 4) is 11.5 Å². The second kappa shape index (κ2) is 5.46. The summed E-state index contributed by atoms with van der Waals surface area (Å²) in [5, 5.41) is 0. The number of halogens is 1. The van der Waals surface area contributed by atoms with Crippen LogP contribution in [0, 0.1) is 5.82 Å². The Bertz CT molecular complexity index is 619. The number of nitrogens with zero attached hydrogens (tertiary/aromatic N) is 1. The largest absolute Gasteiger partial charge is 0.490 e. The quantitative estimate of drug-likeness (QED) is 0.913. The molecular formula is C15H15FN2O2. The van der Waals surface area contributed by atoms with Gasteiger partial charge in [-0.05, 0) is 29.3 Å². The molecule has 0 bridgehead atoms. The standard InChI is InChI=1S/C15H15FN2O2/c16-12-6-11(8-18-9-12)15(17)10-2-3-13-14(7-10)20-5-1-4-19-13/h2-3,6-9,15H,1,4-5,17H2. The molecule has 2 N–H and O–H groups in total. The number of hydrogen-bond donors (Lipinski definition) is 1. The minimum atomic E-state index is -0.449. The molecule has 0 amide bonds. The van der Waals surface area contributed by atoms with Gasteiger partial charge in [0.1, 0.15) is 5.82 Å². The molecule has 4 nitrogen and oxygen atoms in total. The maximum atomic E-state index is 13.2. The van der Waals surface area contributed by atoms with Crippen LogP contribution in [-0.4, -0.2) is 18.2 Å². The molecule has 0 radical (unpaired) electrons. The zero-order valence-corrected chi connectivity index (χ0v) is 10.9. The third-order valence-electron chi connectivity index (χ3n) is 3.22. The monoisotopic (exact) mass is 274 g/mol. The van der Waals surface area contributed by atoms with Gasteiger partial charge < -0.3 is 15.2 Å². The molecule has 2 heterocycles. The number of hydrogen-bond acceptors (Lipinski definition) is 4. The highest BCUT2D eigenvalue weighted by atomic mass is 19.1. The van der Waals surface area contributed by atoms with Crippen LogP contribution in [0.4, 0.5) is 4.39 Å². The van der Waals surface area contributed by atoms with E-state index in [0.29, 0.717) is 24.5 Å². The van der Waals surface area contributed by atoms with Gasteiger partial charge in [-0.3, -0.25) is 4.98 Å². The number of fused-ring (bicyclic) bond motifs is 1. The maximum Gasteiger partial charge on any atom is 0.161 e. The molecule has 1 aliphatic heterocycles.